The first-order valence-corrected chi connectivity index (χ1v) is 6.97. The second kappa shape index (κ2) is 5.41. The molecule has 0 aromatic carbocycles. The smallest absolute Gasteiger partial charge is 0.153 e. The van der Waals surface area contributed by atoms with Gasteiger partial charge in [-0.3, -0.25) is 0 Å². The van der Waals surface area contributed by atoms with Crippen molar-refractivity contribution in [1.82, 2.24) is 14.5 Å². The van der Waals surface area contributed by atoms with Crippen molar-refractivity contribution in [3.63, 3.8) is 0 Å². The fourth-order valence-corrected chi connectivity index (χ4v) is 2.81. The molecule has 22 heavy (non-hydrogen) atoms. The lowest BCUT2D eigenvalue weighted by Gasteiger charge is -2.18. The van der Waals surface area contributed by atoms with Gasteiger partial charge in [-0.25, -0.2) is 9.97 Å². The standard InChI is InChI=1S/C12H16N6O3S/c13-7-8(20)5(2-19)21-12(7)18-1-4(10(15)22)6-9(14)16-3-17-11(6)18/h1,3,5,7-8,12,19-20H,2,13H2,(H2,15,22)(H2,14,16,17)/t5-,7+,8-,12-/m1/s1. The summed E-state index contributed by atoms with van der Waals surface area (Å²) in [5.41, 5.74) is 18.5. The van der Waals surface area contributed by atoms with Crippen LogP contribution in [0.15, 0.2) is 12.5 Å². The second-order valence-corrected chi connectivity index (χ2v) is 5.53. The number of nitrogen functional groups attached to an aromatic ring is 1. The third-order valence-corrected chi connectivity index (χ3v) is 4.00. The summed E-state index contributed by atoms with van der Waals surface area (Å²) in [5, 5.41) is 19.7. The van der Waals surface area contributed by atoms with E-state index in [1.165, 1.54) is 6.33 Å². The van der Waals surface area contributed by atoms with Crippen LogP contribution in [0.3, 0.4) is 0 Å². The fraction of sp³-hybridized carbons (Fsp3) is 0.417. The number of hydrogen-bond acceptors (Lipinski definition) is 8. The van der Waals surface area contributed by atoms with Crippen molar-refractivity contribution >= 4 is 34.1 Å². The Balaban J connectivity index is 2.16. The lowest BCUT2D eigenvalue weighted by Crippen LogP contribution is -2.39. The maximum absolute atomic E-state index is 10.0. The van der Waals surface area contributed by atoms with Gasteiger partial charge in [-0.2, -0.15) is 0 Å². The van der Waals surface area contributed by atoms with Gasteiger partial charge in [0.25, 0.3) is 0 Å². The van der Waals surface area contributed by atoms with Gasteiger partial charge in [-0.15, -0.1) is 0 Å². The van der Waals surface area contributed by atoms with Crippen LogP contribution in [0.2, 0.25) is 0 Å². The van der Waals surface area contributed by atoms with Crippen molar-refractivity contribution in [2.45, 2.75) is 24.5 Å². The number of rotatable bonds is 3. The summed E-state index contributed by atoms with van der Waals surface area (Å²) in [6, 6.07) is -0.747. The van der Waals surface area contributed by atoms with Gasteiger partial charge in [0.15, 0.2) is 6.23 Å². The molecule has 0 bridgehead atoms. The van der Waals surface area contributed by atoms with Gasteiger partial charge in [0.1, 0.15) is 35.0 Å². The highest BCUT2D eigenvalue weighted by molar-refractivity contribution is 7.80. The second-order valence-electron chi connectivity index (χ2n) is 5.09. The molecule has 0 saturated carbocycles. The third-order valence-electron chi connectivity index (χ3n) is 3.78. The van der Waals surface area contributed by atoms with Gasteiger partial charge in [-0.05, 0) is 0 Å². The summed E-state index contributed by atoms with van der Waals surface area (Å²) < 4.78 is 7.22. The summed E-state index contributed by atoms with van der Waals surface area (Å²) in [6.45, 7) is -0.343. The number of aromatic nitrogens is 3. The predicted octanol–water partition coefficient (Wildman–Crippen LogP) is -1.77. The minimum Gasteiger partial charge on any atom is -0.394 e. The highest BCUT2D eigenvalue weighted by atomic mass is 32.1. The molecule has 118 valence electrons. The van der Waals surface area contributed by atoms with E-state index >= 15 is 0 Å². The van der Waals surface area contributed by atoms with Gasteiger partial charge >= 0.3 is 0 Å². The minimum absolute atomic E-state index is 0.135. The van der Waals surface area contributed by atoms with Crippen LogP contribution in [-0.2, 0) is 4.74 Å². The van der Waals surface area contributed by atoms with Gasteiger partial charge in [0.05, 0.1) is 18.0 Å². The van der Waals surface area contributed by atoms with Crippen LogP contribution in [0.25, 0.3) is 11.0 Å². The molecular weight excluding hydrogens is 308 g/mol. The number of anilines is 1. The topological polar surface area (TPSA) is 158 Å². The first-order chi connectivity index (χ1) is 10.5. The molecule has 10 heteroatoms. The van der Waals surface area contributed by atoms with Crippen LogP contribution < -0.4 is 17.2 Å². The lowest BCUT2D eigenvalue weighted by molar-refractivity contribution is -0.0435. The first-order valence-electron chi connectivity index (χ1n) is 6.56. The molecule has 1 aliphatic rings. The fourth-order valence-electron chi connectivity index (χ4n) is 2.66. The summed E-state index contributed by atoms with van der Waals surface area (Å²) in [6.07, 6.45) is 0.421. The highest BCUT2D eigenvalue weighted by Crippen LogP contribution is 2.33. The molecule has 0 radical (unpaired) electrons. The summed E-state index contributed by atoms with van der Waals surface area (Å²) in [7, 11) is 0. The molecule has 2 aromatic heterocycles. The average molecular weight is 324 g/mol. The van der Waals surface area contributed by atoms with E-state index < -0.39 is 24.5 Å². The first kappa shape index (κ1) is 15.1. The number of hydrogen-bond donors (Lipinski definition) is 5. The maximum atomic E-state index is 10.0. The largest absolute Gasteiger partial charge is 0.394 e. The van der Waals surface area contributed by atoms with Crippen molar-refractivity contribution in [3.05, 3.63) is 18.1 Å². The van der Waals surface area contributed by atoms with Crippen LogP contribution in [0.4, 0.5) is 5.82 Å². The van der Waals surface area contributed by atoms with Gasteiger partial charge in [0.2, 0.25) is 0 Å². The number of ether oxygens (including phenoxy) is 1. The van der Waals surface area contributed by atoms with Crippen molar-refractivity contribution in [2.24, 2.45) is 11.5 Å². The van der Waals surface area contributed by atoms with Gasteiger partial charge in [-0.1, -0.05) is 12.2 Å². The summed E-state index contributed by atoms with van der Waals surface area (Å²) >= 11 is 5.03. The Labute approximate surface area is 130 Å². The van der Waals surface area contributed by atoms with E-state index in [2.05, 4.69) is 9.97 Å². The van der Waals surface area contributed by atoms with Gasteiger partial charge in [0, 0.05) is 11.8 Å². The molecule has 0 aliphatic carbocycles. The molecule has 3 rings (SSSR count). The van der Waals surface area contributed by atoms with E-state index in [0.29, 0.717) is 16.6 Å². The summed E-state index contributed by atoms with van der Waals surface area (Å²) in [4.78, 5) is 8.24. The Morgan fingerprint density at radius 1 is 1.45 bits per heavy atom. The monoisotopic (exact) mass is 324 g/mol. The van der Waals surface area contributed by atoms with Crippen molar-refractivity contribution in [3.8, 4) is 0 Å². The number of nitrogens with zero attached hydrogens (tertiary/aromatic N) is 3. The lowest BCUT2D eigenvalue weighted by atomic mass is 10.1. The van der Waals surface area contributed by atoms with E-state index in [4.69, 9.17) is 34.2 Å². The summed E-state index contributed by atoms with van der Waals surface area (Å²) in [5.74, 6) is 0.234. The third kappa shape index (κ3) is 2.12. The number of fused-ring (bicyclic) bond motifs is 1. The van der Waals surface area contributed by atoms with E-state index in [1.54, 1.807) is 10.8 Å². The zero-order valence-electron chi connectivity index (χ0n) is 11.5. The molecule has 1 fully saturated rings. The molecule has 2 aromatic rings. The zero-order valence-corrected chi connectivity index (χ0v) is 12.3. The molecule has 9 nitrogen and oxygen atoms in total. The normalized spacial score (nSPS) is 28.3. The number of aliphatic hydroxyl groups is 2. The van der Waals surface area contributed by atoms with Crippen LogP contribution in [-0.4, -0.2) is 54.6 Å². The molecule has 1 aliphatic heterocycles. The van der Waals surface area contributed by atoms with Crippen LogP contribution in [0.5, 0.6) is 0 Å². The van der Waals surface area contributed by atoms with Crippen LogP contribution >= 0.6 is 12.2 Å². The van der Waals surface area contributed by atoms with E-state index in [1.807, 2.05) is 0 Å². The number of aliphatic hydroxyl groups excluding tert-OH is 2. The van der Waals surface area contributed by atoms with Crippen molar-refractivity contribution in [2.75, 3.05) is 12.3 Å². The van der Waals surface area contributed by atoms with Crippen LogP contribution in [0.1, 0.15) is 11.8 Å². The van der Waals surface area contributed by atoms with Crippen molar-refractivity contribution < 1.29 is 14.9 Å². The van der Waals surface area contributed by atoms with E-state index in [-0.39, 0.29) is 17.4 Å². The minimum atomic E-state index is -1.00. The quantitative estimate of drug-likeness (QED) is 0.412. The Morgan fingerprint density at radius 2 is 2.18 bits per heavy atom. The molecular formula is C12H16N6O3S. The molecule has 3 heterocycles. The molecule has 1 saturated heterocycles. The molecule has 8 N–H and O–H groups in total. The van der Waals surface area contributed by atoms with Gasteiger partial charge < -0.3 is 36.7 Å². The van der Waals surface area contributed by atoms with Crippen molar-refractivity contribution in [1.29, 1.82) is 0 Å². The Hall–Kier alpha value is -1.85. The Morgan fingerprint density at radius 3 is 2.77 bits per heavy atom. The van der Waals surface area contributed by atoms with Crippen LogP contribution in [0, 0.1) is 0 Å². The van der Waals surface area contributed by atoms with E-state index in [9.17, 15) is 10.2 Å². The predicted molar refractivity (Wildman–Crippen MR) is 82.8 cm³/mol. The average Bonchev–Trinajstić information content (AvgIpc) is 3.00. The van der Waals surface area contributed by atoms with E-state index in [0.717, 1.165) is 0 Å². The maximum Gasteiger partial charge on any atom is 0.153 e. The molecule has 0 amide bonds. The SMILES string of the molecule is NC(=S)c1cn([C@@H]2O[C@H](CO)[C@@H](O)[C@@H]2N)c2ncnc(N)c12. The molecule has 0 unspecified atom stereocenters. The number of nitrogens with two attached hydrogens (primary N) is 3. The number of thiocarbonyl (C=S) groups is 1. The molecule has 4 atom stereocenters. The molecule has 0 spiro atoms. The zero-order chi connectivity index (χ0) is 16.0. The Bertz CT molecular complexity index is 735. The highest BCUT2D eigenvalue weighted by Gasteiger charge is 2.43. The Kier molecular flexibility index (Phi) is 3.70.